The zero-order valence-electron chi connectivity index (χ0n) is 9.35. The first-order chi connectivity index (χ1) is 7.25. The molecule has 2 heteroatoms. The predicted octanol–water partition coefficient (Wildman–Crippen LogP) is 2.94. The van der Waals surface area contributed by atoms with Crippen LogP contribution in [-0.4, -0.2) is 19.0 Å². The van der Waals surface area contributed by atoms with Crippen molar-refractivity contribution in [3.05, 3.63) is 35.9 Å². The highest BCUT2D eigenvalue weighted by Gasteiger charge is 2.24. The lowest BCUT2D eigenvalue weighted by Gasteiger charge is -2.16. The van der Waals surface area contributed by atoms with Crippen molar-refractivity contribution in [2.75, 3.05) is 6.61 Å². The van der Waals surface area contributed by atoms with Gasteiger partial charge >= 0.3 is 0 Å². The number of ether oxygens (including phenoxy) is 2. The minimum absolute atomic E-state index is 0.0183. The van der Waals surface area contributed by atoms with Gasteiger partial charge in [-0.15, -0.1) is 0 Å². The van der Waals surface area contributed by atoms with Crippen molar-refractivity contribution >= 4 is 0 Å². The molecule has 82 valence electrons. The summed E-state index contributed by atoms with van der Waals surface area (Å²) in [5, 5.41) is 0. The Balaban J connectivity index is 1.90. The Labute approximate surface area is 91.2 Å². The fraction of sp³-hybridized carbons (Fsp3) is 0.538. The molecule has 1 fully saturated rings. The monoisotopic (exact) mass is 206 g/mol. The molecule has 0 aliphatic carbocycles. The fourth-order valence-corrected chi connectivity index (χ4v) is 1.91. The van der Waals surface area contributed by atoms with Gasteiger partial charge in [-0.05, 0) is 18.4 Å². The average Bonchev–Trinajstić information content (AvgIpc) is 2.65. The molecule has 2 nitrogen and oxygen atoms in total. The van der Waals surface area contributed by atoms with E-state index in [0.29, 0.717) is 5.92 Å². The van der Waals surface area contributed by atoms with Gasteiger partial charge in [0.1, 0.15) is 0 Å². The molecule has 0 bridgehead atoms. The quantitative estimate of drug-likeness (QED) is 0.757. The van der Waals surface area contributed by atoms with Crippen molar-refractivity contribution in [2.24, 2.45) is 0 Å². The molecule has 0 saturated carbocycles. The Morgan fingerprint density at radius 3 is 2.67 bits per heavy atom. The van der Waals surface area contributed by atoms with E-state index in [0.717, 1.165) is 13.0 Å². The standard InChI is InChI=1S/C13H18O2/c1-10(12-6-4-3-5-7-12)8-13-14-9-11(2)15-13/h3-7,10-11,13H,8-9H2,1-2H3/t10-,11+,13+/m1/s1. The summed E-state index contributed by atoms with van der Waals surface area (Å²) in [7, 11) is 0. The molecule has 0 amide bonds. The number of rotatable bonds is 3. The van der Waals surface area contributed by atoms with Crippen LogP contribution in [0, 0.1) is 0 Å². The molecular weight excluding hydrogens is 188 g/mol. The summed E-state index contributed by atoms with van der Waals surface area (Å²) >= 11 is 0. The second-order valence-electron chi connectivity index (χ2n) is 4.26. The number of benzene rings is 1. The van der Waals surface area contributed by atoms with E-state index in [1.54, 1.807) is 0 Å². The maximum absolute atomic E-state index is 5.63. The first-order valence-electron chi connectivity index (χ1n) is 5.57. The Kier molecular flexibility index (Phi) is 3.39. The molecular formula is C13H18O2. The van der Waals surface area contributed by atoms with Crippen LogP contribution in [-0.2, 0) is 9.47 Å². The Hall–Kier alpha value is -0.860. The zero-order valence-corrected chi connectivity index (χ0v) is 9.35. The highest BCUT2D eigenvalue weighted by atomic mass is 16.7. The normalized spacial score (nSPS) is 27.9. The summed E-state index contributed by atoms with van der Waals surface area (Å²) < 4.78 is 11.2. The molecule has 0 aromatic heterocycles. The molecule has 0 N–H and O–H groups in total. The number of hydrogen-bond acceptors (Lipinski definition) is 2. The SMILES string of the molecule is C[C@H](C[C@H]1OC[C@H](C)O1)c1ccccc1. The van der Waals surface area contributed by atoms with E-state index in [9.17, 15) is 0 Å². The van der Waals surface area contributed by atoms with Gasteiger partial charge in [0.25, 0.3) is 0 Å². The van der Waals surface area contributed by atoms with Gasteiger partial charge in [0.15, 0.2) is 6.29 Å². The summed E-state index contributed by atoms with van der Waals surface area (Å²) in [5.74, 6) is 0.487. The van der Waals surface area contributed by atoms with Crippen LogP contribution in [0.25, 0.3) is 0 Å². The third-order valence-corrected chi connectivity index (χ3v) is 2.82. The van der Waals surface area contributed by atoms with Crippen LogP contribution in [0.15, 0.2) is 30.3 Å². The van der Waals surface area contributed by atoms with Crippen molar-refractivity contribution in [3.63, 3.8) is 0 Å². The van der Waals surface area contributed by atoms with Gasteiger partial charge in [-0.1, -0.05) is 37.3 Å². The first kappa shape index (κ1) is 10.7. The molecule has 3 atom stereocenters. The van der Waals surface area contributed by atoms with E-state index in [1.165, 1.54) is 5.56 Å². The van der Waals surface area contributed by atoms with E-state index in [2.05, 4.69) is 31.2 Å². The third-order valence-electron chi connectivity index (χ3n) is 2.82. The summed E-state index contributed by atoms with van der Waals surface area (Å²) in [6.45, 7) is 4.99. The highest BCUT2D eigenvalue weighted by Crippen LogP contribution is 2.25. The van der Waals surface area contributed by atoms with Gasteiger partial charge < -0.3 is 9.47 Å². The lowest BCUT2D eigenvalue weighted by Crippen LogP contribution is -2.12. The van der Waals surface area contributed by atoms with Crippen LogP contribution in [0.5, 0.6) is 0 Å². The van der Waals surface area contributed by atoms with E-state index < -0.39 is 0 Å². The lowest BCUT2D eigenvalue weighted by molar-refractivity contribution is -0.0624. The molecule has 2 rings (SSSR count). The zero-order chi connectivity index (χ0) is 10.7. The van der Waals surface area contributed by atoms with E-state index in [-0.39, 0.29) is 12.4 Å². The van der Waals surface area contributed by atoms with Crippen LogP contribution < -0.4 is 0 Å². The van der Waals surface area contributed by atoms with Crippen LogP contribution in [0.3, 0.4) is 0 Å². The fourth-order valence-electron chi connectivity index (χ4n) is 1.91. The van der Waals surface area contributed by atoms with Crippen molar-refractivity contribution in [3.8, 4) is 0 Å². The molecule has 1 aromatic rings. The van der Waals surface area contributed by atoms with Crippen LogP contribution in [0.1, 0.15) is 31.7 Å². The van der Waals surface area contributed by atoms with E-state index in [1.807, 2.05) is 13.0 Å². The summed E-state index contributed by atoms with van der Waals surface area (Å²) in [6, 6.07) is 10.5. The smallest absolute Gasteiger partial charge is 0.158 e. The molecule has 1 aromatic carbocycles. The second-order valence-corrected chi connectivity index (χ2v) is 4.26. The Morgan fingerprint density at radius 1 is 1.33 bits per heavy atom. The molecule has 1 heterocycles. The molecule has 1 aliphatic heterocycles. The molecule has 0 spiro atoms. The van der Waals surface area contributed by atoms with Crippen molar-refractivity contribution in [1.29, 1.82) is 0 Å². The minimum atomic E-state index is -0.0183. The Morgan fingerprint density at radius 2 is 2.07 bits per heavy atom. The Bertz CT molecular complexity index is 297. The summed E-state index contributed by atoms with van der Waals surface area (Å²) in [4.78, 5) is 0. The first-order valence-corrected chi connectivity index (χ1v) is 5.57. The summed E-state index contributed by atoms with van der Waals surface area (Å²) in [6.07, 6.45) is 1.17. The second kappa shape index (κ2) is 4.77. The number of hydrogen-bond donors (Lipinski definition) is 0. The van der Waals surface area contributed by atoms with Gasteiger partial charge in [0, 0.05) is 6.42 Å². The van der Waals surface area contributed by atoms with Gasteiger partial charge in [-0.2, -0.15) is 0 Å². The van der Waals surface area contributed by atoms with Gasteiger partial charge in [-0.25, -0.2) is 0 Å². The van der Waals surface area contributed by atoms with E-state index >= 15 is 0 Å². The molecule has 1 saturated heterocycles. The molecule has 1 aliphatic rings. The topological polar surface area (TPSA) is 18.5 Å². The van der Waals surface area contributed by atoms with Gasteiger partial charge in [0.05, 0.1) is 12.7 Å². The van der Waals surface area contributed by atoms with Crippen molar-refractivity contribution in [1.82, 2.24) is 0 Å². The molecule has 0 radical (unpaired) electrons. The predicted molar refractivity (Wildman–Crippen MR) is 59.8 cm³/mol. The minimum Gasteiger partial charge on any atom is -0.350 e. The third kappa shape index (κ3) is 2.80. The van der Waals surface area contributed by atoms with Crippen molar-refractivity contribution in [2.45, 2.75) is 38.6 Å². The average molecular weight is 206 g/mol. The van der Waals surface area contributed by atoms with Crippen LogP contribution in [0.4, 0.5) is 0 Å². The van der Waals surface area contributed by atoms with Crippen LogP contribution in [0.2, 0.25) is 0 Å². The summed E-state index contributed by atoms with van der Waals surface area (Å²) in [5.41, 5.74) is 1.35. The highest BCUT2D eigenvalue weighted by molar-refractivity contribution is 5.18. The molecule has 15 heavy (non-hydrogen) atoms. The van der Waals surface area contributed by atoms with Gasteiger partial charge in [0.2, 0.25) is 0 Å². The lowest BCUT2D eigenvalue weighted by atomic mass is 9.98. The largest absolute Gasteiger partial charge is 0.350 e. The maximum atomic E-state index is 5.63. The van der Waals surface area contributed by atoms with Crippen LogP contribution >= 0.6 is 0 Å². The maximum Gasteiger partial charge on any atom is 0.158 e. The van der Waals surface area contributed by atoms with Gasteiger partial charge in [-0.3, -0.25) is 0 Å². The van der Waals surface area contributed by atoms with E-state index in [4.69, 9.17) is 9.47 Å². The van der Waals surface area contributed by atoms with Crippen molar-refractivity contribution < 1.29 is 9.47 Å². The molecule has 0 unspecified atom stereocenters.